The Hall–Kier alpha value is -0.570. The number of ether oxygens (including phenoxy) is 1. The van der Waals surface area contributed by atoms with Crippen molar-refractivity contribution < 1.29 is 14.6 Å². The van der Waals surface area contributed by atoms with Gasteiger partial charge in [-0.15, -0.1) is 0 Å². The molecule has 0 bridgehead atoms. The minimum absolute atomic E-state index is 0.00380. The number of hydrogen-bond donors (Lipinski definition) is 1. The van der Waals surface area contributed by atoms with Gasteiger partial charge < -0.3 is 9.84 Å². The lowest BCUT2D eigenvalue weighted by atomic mass is 9.81. The molecule has 0 radical (unpaired) electrons. The van der Waals surface area contributed by atoms with Crippen molar-refractivity contribution in [1.29, 1.82) is 0 Å². The molecule has 1 aliphatic carbocycles. The number of rotatable bonds is 6. The summed E-state index contributed by atoms with van der Waals surface area (Å²) in [4.78, 5) is 11.7. The lowest BCUT2D eigenvalue weighted by molar-refractivity contribution is -0.150. The first-order valence-corrected chi connectivity index (χ1v) is 6.55. The Morgan fingerprint density at radius 3 is 2.56 bits per heavy atom. The van der Waals surface area contributed by atoms with E-state index in [9.17, 15) is 4.79 Å². The minimum atomic E-state index is -0.00380. The monoisotopic (exact) mass is 228 g/mol. The highest BCUT2D eigenvalue weighted by molar-refractivity contribution is 5.72. The fourth-order valence-corrected chi connectivity index (χ4v) is 2.30. The van der Waals surface area contributed by atoms with Gasteiger partial charge in [0.25, 0.3) is 0 Å². The summed E-state index contributed by atoms with van der Waals surface area (Å²) < 4.78 is 5.23. The minimum Gasteiger partial charge on any atom is -0.465 e. The number of carbonyl (C=O) groups excluding carboxylic acids is 1. The van der Waals surface area contributed by atoms with E-state index < -0.39 is 0 Å². The first kappa shape index (κ1) is 13.5. The topological polar surface area (TPSA) is 46.5 Å². The van der Waals surface area contributed by atoms with Crippen LogP contribution in [0.5, 0.6) is 0 Å². The van der Waals surface area contributed by atoms with E-state index in [1.165, 1.54) is 0 Å². The van der Waals surface area contributed by atoms with Gasteiger partial charge in [-0.25, -0.2) is 0 Å². The third kappa shape index (κ3) is 4.52. The number of carbonyl (C=O) groups is 1. The molecule has 1 saturated carbocycles. The summed E-state index contributed by atoms with van der Waals surface area (Å²) in [7, 11) is 0. The van der Waals surface area contributed by atoms with Crippen LogP contribution in [0.3, 0.4) is 0 Å². The van der Waals surface area contributed by atoms with Crippen LogP contribution in [-0.4, -0.2) is 24.3 Å². The Labute approximate surface area is 98.2 Å². The van der Waals surface area contributed by atoms with E-state index in [4.69, 9.17) is 9.84 Å². The number of esters is 1. The highest BCUT2D eigenvalue weighted by Gasteiger charge is 2.26. The van der Waals surface area contributed by atoms with Gasteiger partial charge in [-0.3, -0.25) is 4.79 Å². The van der Waals surface area contributed by atoms with Crippen molar-refractivity contribution in [3.63, 3.8) is 0 Å². The van der Waals surface area contributed by atoms with Gasteiger partial charge >= 0.3 is 5.97 Å². The number of aliphatic hydroxyl groups excluding tert-OH is 1. The summed E-state index contributed by atoms with van der Waals surface area (Å²) in [6.45, 7) is 2.94. The summed E-state index contributed by atoms with van der Waals surface area (Å²) in [5.41, 5.74) is 0. The highest BCUT2D eigenvalue weighted by Crippen LogP contribution is 2.31. The first-order chi connectivity index (χ1) is 7.77. The molecular formula is C13H24O3. The van der Waals surface area contributed by atoms with Crippen LogP contribution in [0, 0.1) is 11.8 Å². The second kappa shape index (κ2) is 7.66. The van der Waals surface area contributed by atoms with E-state index in [1.807, 2.05) is 0 Å². The molecule has 0 aliphatic heterocycles. The molecule has 3 nitrogen and oxygen atoms in total. The second-order valence-corrected chi connectivity index (χ2v) is 4.75. The standard InChI is InChI=1S/C13H24O3/c1-2-3-10-16-13(15)12-6-4-11(5-7-12)8-9-14/h11-12,14H,2-10H2,1H3. The van der Waals surface area contributed by atoms with Gasteiger partial charge in [-0.2, -0.15) is 0 Å². The molecule has 0 unspecified atom stereocenters. The van der Waals surface area contributed by atoms with Gasteiger partial charge in [0.05, 0.1) is 12.5 Å². The molecule has 1 rings (SSSR count). The van der Waals surface area contributed by atoms with Gasteiger partial charge in [0, 0.05) is 6.61 Å². The normalized spacial score (nSPS) is 25.4. The first-order valence-electron chi connectivity index (χ1n) is 6.55. The van der Waals surface area contributed by atoms with Crippen LogP contribution in [-0.2, 0) is 9.53 Å². The van der Waals surface area contributed by atoms with E-state index in [0.717, 1.165) is 44.9 Å². The van der Waals surface area contributed by atoms with Crippen LogP contribution in [0.25, 0.3) is 0 Å². The summed E-state index contributed by atoms with van der Waals surface area (Å²) in [6, 6.07) is 0. The second-order valence-electron chi connectivity index (χ2n) is 4.75. The summed E-state index contributed by atoms with van der Waals surface area (Å²) in [5.74, 6) is 0.729. The van der Waals surface area contributed by atoms with Crippen LogP contribution in [0.4, 0.5) is 0 Å². The van der Waals surface area contributed by atoms with Crippen molar-refractivity contribution >= 4 is 5.97 Å². The third-order valence-corrected chi connectivity index (χ3v) is 3.46. The molecule has 0 atom stereocenters. The number of aliphatic hydroxyl groups is 1. The Bertz CT molecular complexity index is 195. The van der Waals surface area contributed by atoms with Crippen molar-refractivity contribution in [2.75, 3.05) is 13.2 Å². The van der Waals surface area contributed by atoms with Crippen molar-refractivity contribution in [2.24, 2.45) is 11.8 Å². The molecule has 0 aromatic carbocycles. The average Bonchev–Trinajstić information content (AvgIpc) is 2.30. The molecule has 1 N–H and O–H groups in total. The number of hydrogen-bond acceptors (Lipinski definition) is 3. The van der Waals surface area contributed by atoms with E-state index >= 15 is 0 Å². The predicted molar refractivity (Wildman–Crippen MR) is 63.0 cm³/mol. The maximum Gasteiger partial charge on any atom is 0.308 e. The SMILES string of the molecule is CCCCOC(=O)C1CCC(CCO)CC1. The lowest BCUT2D eigenvalue weighted by Gasteiger charge is -2.26. The van der Waals surface area contributed by atoms with Gasteiger partial charge in [0.2, 0.25) is 0 Å². The van der Waals surface area contributed by atoms with Gasteiger partial charge in [-0.05, 0) is 44.4 Å². The van der Waals surface area contributed by atoms with Crippen molar-refractivity contribution in [3.05, 3.63) is 0 Å². The molecule has 1 aliphatic rings. The van der Waals surface area contributed by atoms with E-state index in [1.54, 1.807) is 0 Å². The molecule has 94 valence electrons. The Morgan fingerprint density at radius 1 is 1.31 bits per heavy atom. The largest absolute Gasteiger partial charge is 0.465 e. The maximum atomic E-state index is 11.7. The Kier molecular flexibility index (Phi) is 6.46. The molecule has 0 spiro atoms. The van der Waals surface area contributed by atoms with Gasteiger partial charge in [-0.1, -0.05) is 13.3 Å². The predicted octanol–water partition coefficient (Wildman–Crippen LogP) is 2.52. The van der Waals surface area contributed by atoms with E-state index in [-0.39, 0.29) is 18.5 Å². The van der Waals surface area contributed by atoms with Crippen LogP contribution in [0.1, 0.15) is 51.9 Å². The van der Waals surface area contributed by atoms with Crippen LogP contribution in [0.2, 0.25) is 0 Å². The summed E-state index contributed by atoms with van der Waals surface area (Å²) >= 11 is 0. The molecule has 3 heteroatoms. The number of unbranched alkanes of at least 4 members (excludes halogenated alkanes) is 1. The van der Waals surface area contributed by atoms with Crippen LogP contribution < -0.4 is 0 Å². The smallest absolute Gasteiger partial charge is 0.308 e. The van der Waals surface area contributed by atoms with Crippen molar-refractivity contribution in [2.45, 2.75) is 51.9 Å². The molecule has 0 aromatic heterocycles. The molecule has 0 saturated heterocycles. The van der Waals surface area contributed by atoms with Crippen LogP contribution >= 0.6 is 0 Å². The molecule has 1 fully saturated rings. The molecule has 0 amide bonds. The zero-order valence-electron chi connectivity index (χ0n) is 10.3. The molecular weight excluding hydrogens is 204 g/mol. The fraction of sp³-hybridized carbons (Fsp3) is 0.923. The van der Waals surface area contributed by atoms with Crippen molar-refractivity contribution in [1.82, 2.24) is 0 Å². The van der Waals surface area contributed by atoms with E-state index in [0.29, 0.717) is 12.5 Å². The van der Waals surface area contributed by atoms with Crippen molar-refractivity contribution in [3.8, 4) is 0 Å². The summed E-state index contributed by atoms with van der Waals surface area (Å²) in [6.07, 6.45) is 6.92. The molecule has 0 heterocycles. The van der Waals surface area contributed by atoms with Crippen LogP contribution in [0.15, 0.2) is 0 Å². The van der Waals surface area contributed by atoms with E-state index in [2.05, 4.69) is 6.92 Å². The quantitative estimate of drug-likeness (QED) is 0.561. The zero-order valence-corrected chi connectivity index (χ0v) is 10.3. The third-order valence-electron chi connectivity index (χ3n) is 3.46. The van der Waals surface area contributed by atoms with Gasteiger partial charge in [0.1, 0.15) is 0 Å². The average molecular weight is 228 g/mol. The molecule has 16 heavy (non-hydrogen) atoms. The molecule has 0 aromatic rings. The summed E-state index contributed by atoms with van der Waals surface area (Å²) in [5, 5.41) is 8.85. The Morgan fingerprint density at radius 2 is 2.00 bits per heavy atom. The fourth-order valence-electron chi connectivity index (χ4n) is 2.30. The Balaban J connectivity index is 2.17. The van der Waals surface area contributed by atoms with Gasteiger partial charge in [0.15, 0.2) is 0 Å². The maximum absolute atomic E-state index is 11.7. The lowest BCUT2D eigenvalue weighted by Crippen LogP contribution is -2.24. The zero-order chi connectivity index (χ0) is 11.8. The highest BCUT2D eigenvalue weighted by atomic mass is 16.5.